The Bertz CT molecular complexity index is 378. The predicted octanol–water partition coefficient (Wildman–Crippen LogP) is -0.298. The van der Waals surface area contributed by atoms with Crippen LogP contribution in [-0.2, 0) is 19.7 Å². The number of carboxylic acid groups (broad SMARTS) is 1. The van der Waals surface area contributed by atoms with Crippen LogP contribution in [0, 0.1) is 5.41 Å². The molecule has 18 heavy (non-hydrogen) atoms. The van der Waals surface area contributed by atoms with E-state index in [2.05, 4.69) is 9.44 Å². The fraction of sp³-hybridized carbons (Fsp3) is 0.900. The van der Waals surface area contributed by atoms with Crippen molar-refractivity contribution in [2.24, 2.45) is 5.41 Å². The van der Waals surface area contributed by atoms with Crippen LogP contribution < -0.4 is 9.44 Å². The first kappa shape index (κ1) is 15.4. The molecule has 1 aliphatic carbocycles. The molecule has 0 aliphatic heterocycles. The predicted molar refractivity (Wildman–Crippen MR) is 65.3 cm³/mol. The SMILES string of the molecule is COCCNS(=O)(=O)NCC1(CC(=O)O)CCC1. The lowest BCUT2D eigenvalue weighted by atomic mass is 9.67. The Balaban J connectivity index is 2.40. The Morgan fingerprint density at radius 3 is 2.50 bits per heavy atom. The molecule has 1 rings (SSSR count). The van der Waals surface area contributed by atoms with E-state index in [-0.39, 0.29) is 19.5 Å². The number of hydrogen-bond donors (Lipinski definition) is 3. The molecule has 3 N–H and O–H groups in total. The number of methoxy groups -OCH3 is 1. The lowest BCUT2D eigenvalue weighted by molar-refractivity contribution is -0.141. The van der Waals surface area contributed by atoms with Gasteiger partial charge in [-0.2, -0.15) is 13.1 Å². The molecule has 1 fully saturated rings. The van der Waals surface area contributed by atoms with E-state index in [0.717, 1.165) is 19.3 Å². The highest BCUT2D eigenvalue weighted by Gasteiger charge is 2.39. The highest BCUT2D eigenvalue weighted by Crippen LogP contribution is 2.43. The van der Waals surface area contributed by atoms with Crippen LogP contribution >= 0.6 is 0 Å². The van der Waals surface area contributed by atoms with E-state index >= 15 is 0 Å². The van der Waals surface area contributed by atoms with Crippen LogP contribution in [0.5, 0.6) is 0 Å². The number of nitrogens with one attached hydrogen (secondary N) is 2. The van der Waals surface area contributed by atoms with Gasteiger partial charge in [-0.1, -0.05) is 6.42 Å². The average molecular weight is 280 g/mol. The van der Waals surface area contributed by atoms with Gasteiger partial charge in [-0.05, 0) is 18.3 Å². The molecule has 8 heteroatoms. The summed E-state index contributed by atoms with van der Waals surface area (Å²) in [7, 11) is -2.09. The topological polar surface area (TPSA) is 105 Å². The third-order valence-electron chi connectivity index (χ3n) is 3.18. The van der Waals surface area contributed by atoms with Gasteiger partial charge >= 0.3 is 5.97 Å². The van der Waals surface area contributed by atoms with Gasteiger partial charge in [-0.25, -0.2) is 4.72 Å². The van der Waals surface area contributed by atoms with E-state index in [9.17, 15) is 13.2 Å². The van der Waals surface area contributed by atoms with Crippen LogP contribution in [0.3, 0.4) is 0 Å². The van der Waals surface area contributed by atoms with E-state index in [1.165, 1.54) is 7.11 Å². The van der Waals surface area contributed by atoms with Gasteiger partial charge in [0.2, 0.25) is 0 Å². The van der Waals surface area contributed by atoms with Gasteiger partial charge in [0.05, 0.1) is 13.0 Å². The molecular formula is C10H20N2O5S. The maximum absolute atomic E-state index is 11.6. The average Bonchev–Trinajstić information content (AvgIpc) is 2.22. The van der Waals surface area contributed by atoms with Crippen LogP contribution in [0.4, 0.5) is 0 Å². The summed E-state index contributed by atoms with van der Waals surface area (Å²) in [5.41, 5.74) is -0.415. The van der Waals surface area contributed by atoms with E-state index in [4.69, 9.17) is 9.84 Å². The monoisotopic (exact) mass is 280 g/mol. The second-order valence-corrected chi connectivity index (χ2v) is 6.22. The van der Waals surface area contributed by atoms with E-state index in [0.29, 0.717) is 6.61 Å². The third kappa shape index (κ3) is 4.89. The molecule has 0 heterocycles. The molecule has 0 saturated heterocycles. The van der Waals surface area contributed by atoms with Crippen molar-refractivity contribution in [2.75, 3.05) is 26.8 Å². The fourth-order valence-electron chi connectivity index (χ4n) is 1.99. The second kappa shape index (κ2) is 6.46. The van der Waals surface area contributed by atoms with Crippen LogP contribution in [0.25, 0.3) is 0 Å². The first-order valence-electron chi connectivity index (χ1n) is 5.84. The highest BCUT2D eigenvalue weighted by atomic mass is 32.2. The van der Waals surface area contributed by atoms with Crippen LogP contribution in [0.1, 0.15) is 25.7 Å². The summed E-state index contributed by atoms with van der Waals surface area (Å²) in [5.74, 6) is -0.888. The summed E-state index contributed by atoms with van der Waals surface area (Å²) in [6.07, 6.45) is 2.46. The van der Waals surface area contributed by atoms with Gasteiger partial charge in [-0.3, -0.25) is 4.79 Å². The number of rotatable bonds is 9. The number of ether oxygens (including phenoxy) is 1. The summed E-state index contributed by atoms with van der Waals surface area (Å²) in [5, 5.41) is 8.81. The molecule has 0 aromatic rings. The van der Waals surface area contributed by atoms with Crippen LogP contribution in [-0.4, -0.2) is 46.3 Å². The summed E-state index contributed by atoms with van der Waals surface area (Å²) >= 11 is 0. The quantitative estimate of drug-likeness (QED) is 0.503. The maximum Gasteiger partial charge on any atom is 0.303 e. The highest BCUT2D eigenvalue weighted by molar-refractivity contribution is 7.87. The van der Waals surface area contributed by atoms with E-state index in [1.54, 1.807) is 0 Å². The smallest absolute Gasteiger partial charge is 0.303 e. The van der Waals surface area contributed by atoms with Gasteiger partial charge in [0, 0.05) is 20.2 Å². The lowest BCUT2D eigenvalue weighted by Crippen LogP contribution is -2.47. The Hall–Kier alpha value is -0.700. The molecule has 1 aliphatic rings. The molecule has 0 aromatic carbocycles. The molecule has 0 radical (unpaired) electrons. The van der Waals surface area contributed by atoms with Crippen LogP contribution in [0.15, 0.2) is 0 Å². The van der Waals surface area contributed by atoms with Gasteiger partial charge in [0.15, 0.2) is 0 Å². The van der Waals surface area contributed by atoms with Gasteiger partial charge in [-0.15, -0.1) is 0 Å². The molecule has 1 saturated carbocycles. The van der Waals surface area contributed by atoms with Crippen molar-refractivity contribution in [2.45, 2.75) is 25.7 Å². The minimum atomic E-state index is -3.57. The Morgan fingerprint density at radius 2 is 2.06 bits per heavy atom. The normalized spacial score (nSPS) is 18.3. The molecular weight excluding hydrogens is 260 g/mol. The van der Waals surface area contributed by atoms with Gasteiger partial charge < -0.3 is 9.84 Å². The third-order valence-corrected chi connectivity index (χ3v) is 4.28. The number of hydrogen-bond acceptors (Lipinski definition) is 4. The fourth-order valence-corrected chi connectivity index (χ4v) is 2.94. The lowest BCUT2D eigenvalue weighted by Gasteiger charge is -2.40. The standard InChI is InChI=1S/C10H20N2O5S/c1-17-6-5-11-18(15,16)12-8-10(3-2-4-10)7-9(13)14/h11-12H,2-8H2,1H3,(H,13,14). The van der Waals surface area contributed by atoms with Crippen molar-refractivity contribution < 1.29 is 23.1 Å². The van der Waals surface area contributed by atoms with Crippen molar-refractivity contribution in [1.29, 1.82) is 0 Å². The van der Waals surface area contributed by atoms with Crippen molar-refractivity contribution in [3.8, 4) is 0 Å². The van der Waals surface area contributed by atoms with Crippen LogP contribution in [0.2, 0.25) is 0 Å². The maximum atomic E-state index is 11.6. The molecule has 0 bridgehead atoms. The van der Waals surface area contributed by atoms with Crippen molar-refractivity contribution in [3.63, 3.8) is 0 Å². The summed E-state index contributed by atoms with van der Waals surface area (Å²) in [6, 6.07) is 0. The largest absolute Gasteiger partial charge is 0.481 e. The van der Waals surface area contributed by atoms with Crippen molar-refractivity contribution >= 4 is 16.2 Å². The van der Waals surface area contributed by atoms with E-state index < -0.39 is 21.6 Å². The molecule has 106 valence electrons. The van der Waals surface area contributed by atoms with Crippen molar-refractivity contribution in [3.05, 3.63) is 0 Å². The Kier molecular flexibility index (Phi) is 5.51. The Morgan fingerprint density at radius 1 is 1.39 bits per heavy atom. The zero-order chi connectivity index (χ0) is 13.6. The van der Waals surface area contributed by atoms with Gasteiger partial charge in [0.1, 0.15) is 0 Å². The zero-order valence-corrected chi connectivity index (χ0v) is 11.3. The molecule has 7 nitrogen and oxygen atoms in total. The summed E-state index contributed by atoms with van der Waals surface area (Å²) < 4.78 is 32.6. The minimum Gasteiger partial charge on any atom is -0.481 e. The molecule has 0 amide bonds. The first-order chi connectivity index (χ1) is 8.39. The molecule has 0 atom stereocenters. The summed E-state index contributed by atoms with van der Waals surface area (Å²) in [6.45, 7) is 0.653. The zero-order valence-electron chi connectivity index (χ0n) is 10.4. The van der Waals surface area contributed by atoms with E-state index in [1.807, 2.05) is 0 Å². The minimum absolute atomic E-state index is 0.00753. The number of carbonyl (C=O) groups is 1. The number of aliphatic carboxylic acids is 1. The van der Waals surface area contributed by atoms with Crippen molar-refractivity contribution in [1.82, 2.24) is 9.44 Å². The first-order valence-corrected chi connectivity index (χ1v) is 7.32. The summed E-state index contributed by atoms with van der Waals surface area (Å²) in [4.78, 5) is 10.7. The number of carboxylic acids is 1. The molecule has 0 spiro atoms. The van der Waals surface area contributed by atoms with Gasteiger partial charge in [0.25, 0.3) is 10.2 Å². The molecule has 0 aromatic heterocycles. The second-order valence-electron chi connectivity index (χ2n) is 4.64. The molecule has 0 unspecified atom stereocenters. The Labute approximate surface area is 107 Å².